The van der Waals surface area contributed by atoms with E-state index in [-0.39, 0.29) is 17.9 Å². The number of carbonyl (C=O) groups is 1. The predicted octanol–water partition coefficient (Wildman–Crippen LogP) is 2.03. The van der Waals surface area contributed by atoms with Gasteiger partial charge in [-0.05, 0) is 19.4 Å². The topological polar surface area (TPSA) is 83.7 Å². The van der Waals surface area contributed by atoms with E-state index in [0.29, 0.717) is 13.0 Å². The van der Waals surface area contributed by atoms with Crippen molar-refractivity contribution in [2.24, 2.45) is 5.41 Å². The highest BCUT2D eigenvalue weighted by molar-refractivity contribution is 5.77. The first-order chi connectivity index (χ1) is 8.83. The Hall–Kier alpha value is -2.18. The number of rotatable bonds is 3. The lowest BCUT2D eigenvalue weighted by atomic mass is 9.90. The van der Waals surface area contributed by atoms with Crippen LogP contribution in [0.15, 0.2) is 18.2 Å². The van der Waals surface area contributed by atoms with Crippen molar-refractivity contribution in [2.45, 2.75) is 13.3 Å². The minimum Gasteiger partial charge on any atom is -0.481 e. The summed E-state index contributed by atoms with van der Waals surface area (Å²) in [7, 11) is 0. The third-order valence-electron chi connectivity index (χ3n) is 3.46. The van der Waals surface area contributed by atoms with Crippen LogP contribution in [0, 0.1) is 21.3 Å². The average molecular weight is 268 g/mol. The monoisotopic (exact) mass is 268 g/mol. The number of hydrogen-bond acceptors (Lipinski definition) is 4. The van der Waals surface area contributed by atoms with Gasteiger partial charge in [0, 0.05) is 25.2 Å². The summed E-state index contributed by atoms with van der Waals surface area (Å²) in [6, 6.07) is 3.20. The van der Waals surface area contributed by atoms with Gasteiger partial charge in [-0.3, -0.25) is 14.9 Å². The smallest absolute Gasteiger partial charge is 0.311 e. The molecule has 0 saturated carbocycles. The van der Waals surface area contributed by atoms with E-state index in [0.717, 1.165) is 18.2 Å². The minimum absolute atomic E-state index is 0.132. The third kappa shape index (κ3) is 2.35. The molecule has 1 aromatic carbocycles. The van der Waals surface area contributed by atoms with Gasteiger partial charge in [0.2, 0.25) is 0 Å². The lowest BCUT2D eigenvalue weighted by molar-refractivity contribution is -0.384. The molecule has 2 rings (SSSR count). The first kappa shape index (κ1) is 13.3. The molecule has 0 spiro atoms. The lowest BCUT2D eigenvalue weighted by Gasteiger charge is -2.21. The minimum atomic E-state index is -0.958. The molecule has 0 aromatic heterocycles. The molecule has 19 heavy (non-hydrogen) atoms. The highest BCUT2D eigenvalue weighted by Gasteiger charge is 2.42. The van der Waals surface area contributed by atoms with Gasteiger partial charge in [0.05, 0.1) is 10.3 Å². The Labute approximate surface area is 108 Å². The van der Waals surface area contributed by atoms with E-state index in [9.17, 15) is 19.3 Å². The van der Waals surface area contributed by atoms with E-state index in [1.165, 1.54) is 0 Å². The van der Waals surface area contributed by atoms with E-state index < -0.39 is 22.1 Å². The van der Waals surface area contributed by atoms with Crippen LogP contribution in [0.5, 0.6) is 0 Å². The quantitative estimate of drug-likeness (QED) is 0.669. The molecule has 1 aliphatic heterocycles. The molecule has 7 heteroatoms. The second-order valence-corrected chi connectivity index (χ2v) is 4.93. The van der Waals surface area contributed by atoms with E-state index in [1.54, 1.807) is 11.8 Å². The Bertz CT molecular complexity index is 549. The fourth-order valence-electron chi connectivity index (χ4n) is 2.25. The first-order valence-electron chi connectivity index (χ1n) is 5.76. The zero-order chi connectivity index (χ0) is 14.2. The summed E-state index contributed by atoms with van der Waals surface area (Å²) < 4.78 is 13.2. The first-order valence-corrected chi connectivity index (χ1v) is 5.76. The summed E-state index contributed by atoms with van der Waals surface area (Å²) in [4.78, 5) is 23.0. The third-order valence-corrected chi connectivity index (χ3v) is 3.46. The van der Waals surface area contributed by atoms with Crippen molar-refractivity contribution in [1.82, 2.24) is 0 Å². The van der Waals surface area contributed by atoms with Gasteiger partial charge in [0.1, 0.15) is 11.5 Å². The van der Waals surface area contributed by atoms with Gasteiger partial charge in [-0.1, -0.05) is 0 Å². The highest BCUT2D eigenvalue weighted by atomic mass is 19.1. The number of nitro groups is 1. The van der Waals surface area contributed by atoms with Gasteiger partial charge in [-0.2, -0.15) is 0 Å². The summed E-state index contributed by atoms with van der Waals surface area (Å²) in [6.07, 6.45) is 0.371. The van der Waals surface area contributed by atoms with Crippen LogP contribution < -0.4 is 4.90 Å². The molecular formula is C12H13FN2O4. The number of nitrogens with zero attached hydrogens (tertiary/aromatic N) is 2. The molecule has 1 aromatic rings. The van der Waals surface area contributed by atoms with Crippen molar-refractivity contribution in [2.75, 3.05) is 18.0 Å². The van der Waals surface area contributed by atoms with Crippen molar-refractivity contribution in [3.05, 3.63) is 34.1 Å². The van der Waals surface area contributed by atoms with Crippen molar-refractivity contribution in [3.8, 4) is 0 Å². The van der Waals surface area contributed by atoms with E-state index in [2.05, 4.69) is 0 Å². The second-order valence-electron chi connectivity index (χ2n) is 4.93. The molecule has 102 valence electrons. The van der Waals surface area contributed by atoms with Crippen molar-refractivity contribution in [3.63, 3.8) is 0 Å². The van der Waals surface area contributed by atoms with Crippen LogP contribution in [0.2, 0.25) is 0 Å². The largest absolute Gasteiger partial charge is 0.481 e. The maximum absolute atomic E-state index is 13.2. The molecule has 1 heterocycles. The van der Waals surface area contributed by atoms with Crippen LogP contribution in [0.25, 0.3) is 0 Å². The van der Waals surface area contributed by atoms with Crippen molar-refractivity contribution < 1.29 is 19.2 Å². The summed E-state index contributed by atoms with van der Waals surface area (Å²) in [6.45, 7) is 2.07. The predicted molar refractivity (Wildman–Crippen MR) is 65.6 cm³/mol. The molecular weight excluding hydrogens is 255 g/mol. The fourth-order valence-corrected chi connectivity index (χ4v) is 2.25. The summed E-state index contributed by atoms with van der Waals surface area (Å²) in [5, 5.41) is 20.1. The summed E-state index contributed by atoms with van der Waals surface area (Å²) in [5.74, 6) is -1.53. The summed E-state index contributed by atoms with van der Waals surface area (Å²) in [5.41, 5.74) is -1.04. The summed E-state index contributed by atoms with van der Waals surface area (Å²) >= 11 is 0. The number of hydrogen-bond donors (Lipinski definition) is 1. The van der Waals surface area contributed by atoms with Gasteiger partial charge in [0.25, 0.3) is 5.69 Å². The molecule has 1 fully saturated rings. The molecule has 1 atom stereocenters. The van der Waals surface area contributed by atoms with Gasteiger partial charge < -0.3 is 10.0 Å². The number of aliphatic carboxylic acids is 1. The molecule has 1 unspecified atom stereocenters. The molecule has 0 radical (unpaired) electrons. The molecule has 1 N–H and O–H groups in total. The van der Waals surface area contributed by atoms with Crippen LogP contribution in [0.1, 0.15) is 13.3 Å². The van der Waals surface area contributed by atoms with Crippen molar-refractivity contribution in [1.29, 1.82) is 0 Å². The second kappa shape index (κ2) is 4.49. The zero-order valence-corrected chi connectivity index (χ0v) is 10.3. The Morgan fingerprint density at radius 2 is 2.26 bits per heavy atom. The van der Waals surface area contributed by atoms with Crippen molar-refractivity contribution >= 4 is 17.3 Å². The Morgan fingerprint density at radius 3 is 2.79 bits per heavy atom. The number of carboxylic acid groups (broad SMARTS) is 1. The van der Waals surface area contributed by atoms with Crippen LogP contribution in [0.3, 0.4) is 0 Å². The maximum atomic E-state index is 13.2. The van der Waals surface area contributed by atoms with Gasteiger partial charge in [-0.25, -0.2) is 4.39 Å². The van der Waals surface area contributed by atoms with Gasteiger partial charge in [0.15, 0.2) is 0 Å². The maximum Gasteiger partial charge on any atom is 0.311 e. The van der Waals surface area contributed by atoms with Crippen LogP contribution in [-0.4, -0.2) is 29.1 Å². The van der Waals surface area contributed by atoms with Gasteiger partial charge in [-0.15, -0.1) is 0 Å². The number of benzene rings is 1. The number of anilines is 1. The molecule has 1 aliphatic rings. The zero-order valence-electron chi connectivity index (χ0n) is 10.3. The molecule has 0 aliphatic carbocycles. The SMILES string of the molecule is CC1(C(=O)O)CCN(c2cc(F)ccc2[N+](=O)[O-])C1. The van der Waals surface area contributed by atoms with Crippen LogP contribution in [-0.2, 0) is 4.79 Å². The van der Waals surface area contributed by atoms with Crippen LogP contribution >= 0.6 is 0 Å². The Morgan fingerprint density at radius 1 is 1.58 bits per heavy atom. The van der Waals surface area contributed by atoms with E-state index >= 15 is 0 Å². The highest BCUT2D eigenvalue weighted by Crippen LogP contribution is 2.37. The normalized spacial score (nSPS) is 22.5. The molecule has 6 nitrogen and oxygen atoms in total. The molecule has 1 saturated heterocycles. The van der Waals surface area contributed by atoms with Crippen LogP contribution in [0.4, 0.5) is 15.8 Å². The molecule has 0 bridgehead atoms. The number of halogens is 1. The van der Waals surface area contributed by atoms with E-state index in [4.69, 9.17) is 5.11 Å². The Balaban J connectivity index is 2.36. The number of nitro benzene ring substituents is 1. The average Bonchev–Trinajstić information content (AvgIpc) is 2.73. The van der Waals surface area contributed by atoms with Gasteiger partial charge >= 0.3 is 5.97 Å². The lowest BCUT2D eigenvalue weighted by Crippen LogP contribution is -2.31. The number of carboxylic acids is 1. The fraction of sp³-hybridized carbons (Fsp3) is 0.417. The standard InChI is InChI=1S/C12H13FN2O4/c1-12(11(16)17)4-5-14(7-12)10-6-8(13)2-3-9(10)15(18)19/h2-3,6H,4-5,7H2,1H3,(H,16,17). The Kier molecular flexibility index (Phi) is 3.13. The molecule has 0 amide bonds. The van der Waals surface area contributed by atoms with E-state index in [1.807, 2.05) is 0 Å².